The highest BCUT2D eigenvalue weighted by molar-refractivity contribution is 6.28. The van der Waals surface area contributed by atoms with E-state index in [2.05, 4.69) is 45.9 Å². The van der Waals surface area contributed by atoms with Crippen LogP contribution in [0.25, 0.3) is 0 Å². The molecule has 0 unspecified atom stereocenters. The summed E-state index contributed by atoms with van der Waals surface area (Å²) in [6, 6.07) is 0.338. The smallest absolute Gasteiger partial charge is 0.231 e. The van der Waals surface area contributed by atoms with E-state index in [4.69, 9.17) is 11.6 Å². The molecule has 1 N–H and O–H groups in total. The van der Waals surface area contributed by atoms with Crippen molar-refractivity contribution in [3.05, 3.63) is 5.28 Å². The average molecular weight is 272 g/mol. The van der Waals surface area contributed by atoms with Crippen molar-refractivity contribution in [1.29, 1.82) is 0 Å². The molecule has 0 aliphatic rings. The van der Waals surface area contributed by atoms with Gasteiger partial charge in [0.2, 0.25) is 17.2 Å². The molecule has 1 aromatic rings. The van der Waals surface area contributed by atoms with E-state index in [1.807, 2.05) is 0 Å². The van der Waals surface area contributed by atoms with Gasteiger partial charge in [-0.15, -0.1) is 0 Å². The molecule has 0 spiro atoms. The van der Waals surface area contributed by atoms with Crippen LogP contribution in [0.5, 0.6) is 0 Å². The predicted molar refractivity (Wildman–Crippen MR) is 76.4 cm³/mol. The van der Waals surface area contributed by atoms with Gasteiger partial charge in [0.1, 0.15) is 0 Å². The van der Waals surface area contributed by atoms with E-state index in [0.29, 0.717) is 17.9 Å². The van der Waals surface area contributed by atoms with Crippen LogP contribution in [0.3, 0.4) is 0 Å². The maximum atomic E-state index is 5.91. The largest absolute Gasteiger partial charge is 0.357 e. The fraction of sp³-hybridized carbons (Fsp3) is 0.750. The third-order valence-corrected chi connectivity index (χ3v) is 2.87. The van der Waals surface area contributed by atoms with Gasteiger partial charge >= 0.3 is 0 Å². The minimum atomic E-state index is 0.227. The van der Waals surface area contributed by atoms with Gasteiger partial charge in [-0.1, -0.05) is 19.8 Å². The Kier molecular flexibility index (Phi) is 6.12. The first kappa shape index (κ1) is 15.0. The maximum absolute atomic E-state index is 5.91. The van der Waals surface area contributed by atoms with Crippen LogP contribution in [0.4, 0.5) is 11.9 Å². The van der Waals surface area contributed by atoms with Crippen molar-refractivity contribution in [3.63, 3.8) is 0 Å². The summed E-state index contributed by atoms with van der Waals surface area (Å²) in [4.78, 5) is 14.7. The highest BCUT2D eigenvalue weighted by Crippen LogP contribution is 2.16. The van der Waals surface area contributed by atoms with E-state index >= 15 is 0 Å². The zero-order valence-corrected chi connectivity index (χ0v) is 12.3. The van der Waals surface area contributed by atoms with Gasteiger partial charge in [0.25, 0.3) is 0 Å². The van der Waals surface area contributed by atoms with Crippen LogP contribution in [0.2, 0.25) is 5.28 Å². The normalized spacial score (nSPS) is 10.8. The van der Waals surface area contributed by atoms with Crippen LogP contribution in [0, 0.1) is 0 Å². The number of hydrogen-bond donors (Lipinski definition) is 1. The number of nitrogens with zero attached hydrogens (tertiary/aromatic N) is 4. The molecule has 5 nitrogen and oxygen atoms in total. The van der Waals surface area contributed by atoms with Crippen molar-refractivity contribution in [2.75, 3.05) is 23.8 Å². The monoisotopic (exact) mass is 271 g/mol. The molecule has 0 aliphatic carbocycles. The van der Waals surface area contributed by atoms with Gasteiger partial charge < -0.3 is 10.2 Å². The van der Waals surface area contributed by atoms with Gasteiger partial charge in [-0.3, -0.25) is 0 Å². The first-order valence-corrected chi connectivity index (χ1v) is 6.82. The molecule has 6 heteroatoms. The molecule has 0 atom stereocenters. The van der Waals surface area contributed by atoms with Crippen LogP contribution in [0.15, 0.2) is 0 Å². The summed E-state index contributed by atoms with van der Waals surface area (Å²) in [5.41, 5.74) is 0. The molecule has 0 fully saturated rings. The average Bonchev–Trinajstić information content (AvgIpc) is 2.33. The second kappa shape index (κ2) is 7.36. The molecule has 0 radical (unpaired) electrons. The summed E-state index contributed by atoms with van der Waals surface area (Å²) in [7, 11) is 1.77. The zero-order valence-electron chi connectivity index (χ0n) is 11.6. The van der Waals surface area contributed by atoms with Gasteiger partial charge in [0, 0.05) is 19.6 Å². The molecule has 1 aromatic heterocycles. The number of rotatable bonds is 7. The summed E-state index contributed by atoms with van der Waals surface area (Å²) < 4.78 is 0. The highest BCUT2D eigenvalue weighted by Gasteiger charge is 2.15. The number of unbranched alkanes of at least 4 members (excludes halogenated alkanes) is 2. The first-order chi connectivity index (χ1) is 8.58. The van der Waals surface area contributed by atoms with Crippen molar-refractivity contribution in [2.24, 2.45) is 0 Å². The molecular weight excluding hydrogens is 250 g/mol. The Morgan fingerprint density at radius 2 is 1.94 bits per heavy atom. The number of aromatic nitrogens is 3. The first-order valence-electron chi connectivity index (χ1n) is 6.44. The molecule has 1 rings (SSSR count). The summed E-state index contributed by atoms with van der Waals surface area (Å²) in [6.07, 6.45) is 3.54. The van der Waals surface area contributed by atoms with E-state index < -0.39 is 0 Å². The van der Waals surface area contributed by atoms with E-state index in [1.165, 1.54) is 12.8 Å². The molecule has 0 amide bonds. The lowest BCUT2D eigenvalue weighted by Gasteiger charge is -2.26. The predicted octanol–water partition coefficient (Wildman–Crippen LogP) is 2.97. The summed E-state index contributed by atoms with van der Waals surface area (Å²) in [5.74, 6) is 1.15. The van der Waals surface area contributed by atoms with Crippen molar-refractivity contribution in [2.45, 2.75) is 46.1 Å². The summed E-state index contributed by atoms with van der Waals surface area (Å²) >= 11 is 5.91. The van der Waals surface area contributed by atoms with E-state index in [0.717, 1.165) is 13.0 Å². The quantitative estimate of drug-likeness (QED) is 0.773. The molecule has 1 heterocycles. The fourth-order valence-corrected chi connectivity index (χ4v) is 1.86. The van der Waals surface area contributed by atoms with E-state index in [9.17, 15) is 0 Å². The summed E-state index contributed by atoms with van der Waals surface area (Å²) in [5, 5.41) is 3.12. The number of halogens is 1. The lowest BCUT2D eigenvalue weighted by atomic mass is 10.2. The van der Waals surface area contributed by atoms with Crippen molar-refractivity contribution in [1.82, 2.24) is 15.0 Å². The fourth-order valence-electron chi connectivity index (χ4n) is 1.70. The second-order valence-electron chi connectivity index (χ2n) is 4.47. The molecular formula is C12H22ClN5. The van der Waals surface area contributed by atoms with Gasteiger partial charge in [-0.2, -0.15) is 15.0 Å². The van der Waals surface area contributed by atoms with E-state index in [-0.39, 0.29) is 5.28 Å². The van der Waals surface area contributed by atoms with Crippen LogP contribution >= 0.6 is 11.6 Å². The highest BCUT2D eigenvalue weighted by atomic mass is 35.5. The van der Waals surface area contributed by atoms with Gasteiger partial charge in [0.05, 0.1) is 0 Å². The Labute approximate surface area is 114 Å². The lowest BCUT2D eigenvalue weighted by Crippen LogP contribution is -2.33. The standard InChI is InChI=1S/C12H22ClN5/c1-5-6-7-8-18(9(2)3)12-16-10(13)15-11(14-4)17-12/h9H,5-8H2,1-4H3,(H,14,15,16,17). The molecule has 0 bridgehead atoms. The topological polar surface area (TPSA) is 53.9 Å². The SMILES string of the molecule is CCCCCN(c1nc(Cl)nc(NC)n1)C(C)C. The van der Waals surface area contributed by atoms with Crippen LogP contribution in [-0.2, 0) is 0 Å². The molecule has 18 heavy (non-hydrogen) atoms. The Morgan fingerprint density at radius 1 is 1.22 bits per heavy atom. The number of hydrogen-bond acceptors (Lipinski definition) is 5. The van der Waals surface area contributed by atoms with Crippen LogP contribution in [-0.4, -0.2) is 34.6 Å². The molecule has 0 saturated heterocycles. The Bertz CT molecular complexity index is 369. The molecule has 0 aromatic carbocycles. The van der Waals surface area contributed by atoms with Gasteiger partial charge in [0.15, 0.2) is 0 Å². The Morgan fingerprint density at radius 3 is 2.50 bits per heavy atom. The number of anilines is 2. The Hall–Kier alpha value is -1.10. The molecule has 102 valence electrons. The summed E-state index contributed by atoms with van der Waals surface area (Å²) in [6.45, 7) is 7.39. The van der Waals surface area contributed by atoms with E-state index in [1.54, 1.807) is 7.05 Å². The zero-order chi connectivity index (χ0) is 13.5. The minimum Gasteiger partial charge on any atom is -0.357 e. The lowest BCUT2D eigenvalue weighted by molar-refractivity contribution is 0.611. The van der Waals surface area contributed by atoms with Crippen molar-refractivity contribution in [3.8, 4) is 0 Å². The van der Waals surface area contributed by atoms with Crippen LogP contribution in [0.1, 0.15) is 40.0 Å². The second-order valence-corrected chi connectivity index (χ2v) is 4.81. The van der Waals surface area contributed by atoms with Crippen molar-refractivity contribution < 1.29 is 0 Å². The third kappa shape index (κ3) is 4.29. The van der Waals surface area contributed by atoms with Gasteiger partial charge in [-0.25, -0.2) is 0 Å². The number of nitrogens with one attached hydrogen (secondary N) is 1. The minimum absolute atomic E-state index is 0.227. The third-order valence-electron chi connectivity index (χ3n) is 2.70. The van der Waals surface area contributed by atoms with Crippen molar-refractivity contribution >= 4 is 23.5 Å². The van der Waals surface area contributed by atoms with Crippen LogP contribution < -0.4 is 10.2 Å². The molecule has 0 saturated carbocycles. The van der Waals surface area contributed by atoms with Gasteiger partial charge in [-0.05, 0) is 31.9 Å². The maximum Gasteiger partial charge on any atom is 0.231 e. The molecule has 0 aliphatic heterocycles. The Balaban J connectivity index is 2.87.